The van der Waals surface area contributed by atoms with Crippen LogP contribution in [0.3, 0.4) is 0 Å². The van der Waals surface area contributed by atoms with E-state index in [1.54, 1.807) is 6.20 Å². The Balaban J connectivity index is 1.41. The number of aromatic nitrogens is 2. The van der Waals surface area contributed by atoms with Crippen LogP contribution in [0.2, 0.25) is 0 Å². The maximum Gasteiger partial charge on any atom is 0.195 e. The Morgan fingerprint density at radius 3 is 2.62 bits per heavy atom. The quantitative estimate of drug-likeness (QED) is 0.409. The minimum atomic E-state index is -0.00908. The van der Waals surface area contributed by atoms with Crippen molar-refractivity contribution in [3.8, 4) is 5.75 Å². The Bertz CT molecular complexity index is 1320. The number of aromatic amines is 1. The predicted octanol–water partition coefficient (Wildman–Crippen LogP) is 5.53. The number of carbonyl (C=O) groups is 1. The number of pyridine rings is 1. The van der Waals surface area contributed by atoms with Crippen molar-refractivity contribution in [2.45, 2.75) is 6.61 Å². The van der Waals surface area contributed by atoms with Crippen LogP contribution in [0.25, 0.3) is 21.8 Å². The summed E-state index contributed by atoms with van der Waals surface area (Å²) >= 11 is 0. The molecule has 3 aromatic carbocycles. The number of ketones is 1. The van der Waals surface area contributed by atoms with Crippen molar-refractivity contribution >= 4 is 27.6 Å². The monoisotopic (exact) mass is 378 g/mol. The number of para-hydroxylation sites is 1. The van der Waals surface area contributed by atoms with Gasteiger partial charge in [0.2, 0.25) is 0 Å². The van der Waals surface area contributed by atoms with E-state index in [4.69, 9.17) is 4.74 Å². The van der Waals surface area contributed by atoms with Crippen molar-refractivity contribution in [3.63, 3.8) is 0 Å². The molecule has 0 aliphatic carbocycles. The summed E-state index contributed by atoms with van der Waals surface area (Å²) in [7, 11) is 0. The average molecular weight is 378 g/mol. The van der Waals surface area contributed by atoms with Gasteiger partial charge in [0.15, 0.2) is 5.78 Å². The fourth-order valence-electron chi connectivity index (χ4n) is 3.47. The van der Waals surface area contributed by atoms with Gasteiger partial charge in [-0.05, 0) is 30.3 Å². The number of H-pyrrole nitrogens is 1. The van der Waals surface area contributed by atoms with Crippen LogP contribution in [0.5, 0.6) is 5.75 Å². The first kappa shape index (κ1) is 17.2. The molecule has 0 aliphatic rings. The summed E-state index contributed by atoms with van der Waals surface area (Å²) in [6, 6.07) is 27.1. The van der Waals surface area contributed by atoms with Crippen molar-refractivity contribution < 1.29 is 9.53 Å². The van der Waals surface area contributed by atoms with Gasteiger partial charge in [-0.1, -0.05) is 54.6 Å². The summed E-state index contributed by atoms with van der Waals surface area (Å²) in [5.74, 6) is 0.694. The first-order valence-electron chi connectivity index (χ1n) is 9.46. The van der Waals surface area contributed by atoms with Gasteiger partial charge in [0.1, 0.15) is 12.4 Å². The lowest BCUT2D eigenvalue weighted by Gasteiger charge is -2.07. The third kappa shape index (κ3) is 3.36. The van der Waals surface area contributed by atoms with E-state index in [1.165, 1.54) is 0 Å². The van der Waals surface area contributed by atoms with Gasteiger partial charge in [0.25, 0.3) is 0 Å². The van der Waals surface area contributed by atoms with E-state index in [-0.39, 0.29) is 5.78 Å². The Morgan fingerprint density at radius 2 is 1.72 bits per heavy atom. The number of carbonyl (C=O) groups excluding carboxylic acids is 1. The predicted molar refractivity (Wildman–Crippen MR) is 114 cm³/mol. The summed E-state index contributed by atoms with van der Waals surface area (Å²) in [6.45, 7) is 0.364. The molecule has 0 saturated carbocycles. The lowest BCUT2D eigenvalue weighted by molar-refractivity contribution is 0.104. The van der Waals surface area contributed by atoms with Gasteiger partial charge in [-0.25, -0.2) is 4.98 Å². The van der Waals surface area contributed by atoms with Crippen LogP contribution in [0.1, 0.15) is 21.6 Å². The lowest BCUT2D eigenvalue weighted by atomic mass is 10.0. The molecule has 5 rings (SSSR count). The van der Waals surface area contributed by atoms with Crippen LogP contribution >= 0.6 is 0 Å². The molecule has 0 spiro atoms. The molecule has 0 atom stereocenters. The van der Waals surface area contributed by atoms with Gasteiger partial charge < -0.3 is 9.72 Å². The Hall–Kier alpha value is -3.92. The minimum Gasteiger partial charge on any atom is -0.487 e. The maximum absolute atomic E-state index is 12.9. The van der Waals surface area contributed by atoms with E-state index in [2.05, 4.69) is 9.97 Å². The Morgan fingerprint density at radius 1 is 0.897 bits per heavy atom. The van der Waals surface area contributed by atoms with E-state index in [0.717, 1.165) is 27.5 Å². The second kappa shape index (κ2) is 7.24. The van der Waals surface area contributed by atoms with Crippen molar-refractivity contribution in [2.75, 3.05) is 0 Å². The third-order valence-electron chi connectivity index (χ3n) is 4.98. The number of hydrogen-bond donors (Lipinski definition) is 1. The SMILES string of the molecule is O=C(c1ccccc1)c1c[nH]c2ccc(OCc3ccc4ccccc4n3)cc12. The summed E-state index contributed by atoms with van der Waals surface area (Å²) < 4.78 is 5.97. The highest BCUT2D eigenvalue weighted by Gasteiger charge is 2.14. The number of nitrogens with one attached hydrogen (secondary N) is 1. The van der Waals surface area contributed by atoms with Crippen LogP contribution in [0.15, 0.2) is 91.1 Å². The normalized spacial score (nSPS) is 11.0. The summed E-state index contributed by atoms with van der Waals surface area (Å²) in [5, 5.41) is 1.96. The first-order chi connectivity index (χ1) is 14.3. The van der Waals surface area contributed by atoms with Crippen molar-refractivity contribution in [3.05, 3.63) is 108 Å². The second-order valence-electron chi connectivity index (χ2n) is 6.89. The molecule has 4 nitrogen and oxygen atoms in total. The molecular weight excluding hydrogens is 360 g/mol. The summed E-state index contributed by atoms with van der Waals surface area (Å²) in [4.78, 5) is 20.7. The van der Waals surface area contributed by atoms with Gasteiger partial charge >= 0.3 is 0 Å². The molecule has 140 valence electrons. The standard InChI is InChI=1S/C25H18N2O2/c28-25(18-7-2-1-3-8-18)22-15-26-24-13-12-20(14-21(22)24)29-16-19-11-10-17-6-4-5-9-23(17)27-19/h1-15,26H,16H2. The van der Waals surface area contributed by atoms with Gasteiger partial charge in [-0.15, -0.1) is 0 Å². The second-order valence-corrected chi connectivity index (χ2v) is 6.89. The van der Waals surface area contributed by atoms with Gasteiger partial charge in [0.05, 0.1) is 11.2 Å². The Labute approximate surface area is 167 Å². The molecule has 0 bridgehead atoms. The molecule has 2 heterocycles. The minimum absolute atomic E-state index is 0.00908. The van der Waals surface area contributed by atoms with Crippen LogP contribution in [0.4, 0.5) is 0 Å². The first-order valence-corrected chi connectivity index (χ1v) is 9.46. The summed E-state index contributed by atoms with van der Waals surface area (Å²) in [5.41, 5.74) is 4.02. The van der Waals surface area contributed by atoms with E-state index < -0.39 is 0 Å². The molecule has 0 saturated heterocycles. The molecule has 0 fully saturated rings. The van der Waals surface area contributed by atoms with E-state index in [1.807, 2.05) is 84.9 Å². The number of hydrogen-bond acceptors (Lipinski definition) is 3. The van der Waals surface area contributed by atoms with Gasteiger partial charge in [0, 0.05) is 33.6 Å². The number of nitrogens with zero attached hydrogens (tertiary/aromatic N) is 1. The van der Waals surface area contributed by atoms with E-state index >= 15 is 0 Å². The molecule has 0 unspecified atom stereocenters. The molecule has 5 aromatic rings. The highest BCUT2D eigenvalue weighted by molar-refractivity contribution is 6.16. The van der Waals surface area contributed by atoms with Crippen molar-refractivity contribution in [1.29, 1.82) is 0 Å². The van der Waals surface area contributed by atoms with Gasteiger partial charge in [-0.3, -0.25) is 4.79 Å². The molecule has 0 amide bonds. The highest BCUT2D eigenvalue weighted by atomic mass is 16.5. The number of ether oxygens (including phenoxy) is 1. The Kier molecular flexibility index (Phi) is 4.30. The lowest BCUT2D eigenvalue weighted by Crippen LogP contribution is -2.00. The van der Waals surface area contributed by atoms with Crippen molar-refractivity contribution in [2.24, 2.45) is 0 Å². The van der Waals surface area contributed by atoms with E-state index in [0.29, 0.717) is 23.5 Å². The smallest absolute Gasteiger partial charge is 0.195 e. The van der Waals surface area contributed by atoms with Crippen molar-refractivity contribution in [1.82, 2.24) is 9.97 Å². The zero-order valence-electron chi connectivity index (χ0n) is 15.6. The number of rotatable bonds is 5. The average Bonchev–Trinajstić information content (AvgIpc) is 3.21. The molecule has 29 heavy (non-hydrogen) atoms. The zero-order valence-corrected chi connectivity index (χ0v) is 15.6. The molecular formula is C25H18N2O2. The van der Waals surface area contributed by atoms with Crippen LogP contribution in [-0.4, -0.2) is 15.8 Å². The fourth-order valence-corrected chi connectivity index (χ4v) is 3.47. The largest absolute Gasteiger partial charge is 0.487 e. The zero-order chi connectivity index (χ0) is 19.6. The van der Waals surface area contributed by atoms with Crippen LogP contribution in [-0.2, 0) is 6.61 Å². The van der Waals surface area contributed by atoms with Crippen LogP contribution in [0, 0.1) is 0 Å². The van der Waals surface area contributed by atoms with E-state index in [9.17, 15) is 4.79 Å². The fraction of sp³-hybridized carbons (Fsp3) is 0.0400. The molecule has 4 heteroatoms. The third-order valence-corrected chi connectivity index (χ3v) is 4.98. The summed E-state index contributed by atoms with van der Waals surface area (Å²) in [6.07, 6.45) is 1.76. The number of benzene rings is 3. The van der Waals surface area contributed by atoms with Gasteiger partial charge in [-0.2, -0.15) is 0 Å². The maximum atomic E-state index is 12.9. The highest BCUT2D eigenvalue weighted by Crippen LogP contribution is 2.26. The molecule has 2 aromatic heterocycles. The molecule has 0 aliphatic heterocycles. The molecule has 0 radical (unpaired) electrons. The number of fused-ring (bicyclic) bond motifs is 2. The molecule has 1 N–H and O–H groups in total. The topological polar surface area (TPSA) is 55.0 Å². The van der Waals surface area contributed by atoms with Crippen LogP contribution < -0.4 is 4.74 Å².